The molecule has 0 aliphatic carbocycles. The highest BCUT2D eigenvalue weighted by atomic mass is 15.5. The molecule has 3 rings (SSSR count). The molecule has 0 unspecified atom stereocenters. The Morgan fingerprint density at radius 1 is 1.10 bits per heavy atom. The summed E-state index contributed by atoms with van der Waals surface area (Å²) in [5.41, 5.74) is 2.83. The maximum Gasteiger partial charge on any atom is 0.102 e. The Bertz CT molecular complexity index is 670. The van der Waals surface area contributed by atoms with E-state index in [-0.39, 0.29) is 0 Å². The van der Waals surface area contributed by atoms with Crippen molar-refractivity contribution in [1.82, 2.24) is 24.8 Å². The lowest BCUT2D eigenvalue weighted by molar-refractivity contribution is 0.660. The van der Waals surface area contributed by atoms with E-state index in [0.29, 0.717) is 6.54 Å². The van der Waals surface area contributed by atoms with E-state index in [2.05, 4.69) is 27.5 Å². The Balaban J connectivity index is 1.65. The second-order valence-electron chi connectivity index (χ2n) is 4.40. The molecule has 6 heteroatoms. The molecule has 0 aliphatic heterocycles. The van der Waals surface area contributed by atoms with Crippen LogP contribution in [0.3, 0.4) is 0 Å². The quantitative estimate of drug-likeness (QED) is 0.769. The number of benzene rings is 1. The Morgan fingerprint density at radius 2 is 1.95 bits per heavy atom. The number of aromatic nitrogens is 5. The first-order valence-electron chi connectivity index (χ1n) is 6.58. The van der Waals surface area contributed by atoms with Crippen LogP contribution in [0, 0.1) is 0 Å². The molecule has 0 spiro atoms. The number of nitrogens with zero attached hydrogens (tertiary/aromatic N) is 5. The van der Waals surface area contributed by atoms with Crippen molar-refractivity contribution in [2.75, 3.05) is 5.32 Å². The van der Waals surface area contributed by atoms with E-state index in [0.717, 1.165) is 23.6 Å². The number of para-hydroxylation sites is 1. The fourth-order valence-corrected chi connectivity index (χ4v) is 1.88. The van der Waals surface area contributed by atoms with Crippen LogP contribution in [-0.4, -0.2) is 24.8 Å². The molecule has 1 N–H and O–H groups in total. The van der Waals surface area contributed by atoms with Crippen LogP contribution >= 0.6 is 0 Å². The third kappa shape index (κ3) is 2.69. The molecular formula is C14H16N6. The van der Waals surface area contributed by atoms with Crippen LogP contribution in [0.4, 0.5) is 5.69 Å². The molecule has 0 aliphatic rings. The maximum atomic E-state index is 4.44. The molecule has 0 bridgehead atoms. The van der Waals surface area contributed by atoms with E-state index >= 15 is 0 Å². The summed E-state index contributed by atoms with van der Waals surface area (Å²) in [7, 11) is 0. The largest absolute Gasteiger partial charge is 0.377 e. The van der Waals surface area contributed by atoms with Gasteiger partial charge in [0.25, 0.3) is 0 Å². The van der Waals surface area contributed by atoms with Gasteiger partial charge in [-0.2, -0.15) is 20.1 Å². The molecule has 0 radical (unpaired) electrons. The zero-order chi connectivity index (χ0) is 13.8. The predicted octanol–water partition coefficient (Wildman–Crippen LogP) is 2.10. The van der Waals surface area contributed by atoms with E-state index in [4.69, 9.17) is 0 Å². The van der Waals surface area contributed by atoms with Crippen molar-refractivity contribution >= 4 is 5.69 Å². The van der Waals surface area contributed by atoms with Crippen LogP contribution in [0.25, 0.3) is 5.69 Å². The lowest BCUT2D eigenvalue weighted by Gasteiger charge is -2.00. The fourth-order valence-electron chi connectivity index (χ4n) is 1.88. The first-order valence-corrected chi connectivity index (χ1v) is 6.58. The van der Waals surface area contributed by atoms with Gasteiger partial charge >= 0.3 is 0 Å². The third-order valence-electron chi connectivity index (χ3n) is 2.96. The molecule has 6 nitrogen and oxygen atoms in total. The average Bonchev–Trinajstić information content (AvgIpc) is 3.15. The monoisotopic (exact) mass is 268 g/mol. The summed E-state index contributed by atoms with van der Waals surface area (Å²) in [5.74, 6) is 0. The molecule has 1 aromatic carbocycles. The highest BCUT2D eigenvalue weighted by Gasteiger charge is 2.03. The first-order chi connectivity index (χ1) is 9.85. The first kappa shape index (κ1) is 12.4. The normalized spacial score (nSPS) is 10.7. The van der Waals surface area contributed by atoms with Gasteiger partial charge in [-0.3, -0.25) is 4.68 Å². The van der Waals surface area contributed by atoms with E-state index in [1.54, 1.807) is 11.0 Å². The van der Waals surface area contributed by atoms with Gasteiger partial charge in [-0.1, -0.05) is 18.2 Å². The van der Waals surface area contributed by atoms with Gasteiger partial charge in [0.15, 0.2) is 0 Å². The standard InChI is InChI=1S/C14H16N6/c1-2-19-11-13(10-16-19)15-8-12-9-17-20(18-12)14-6-4-3-5-7-14/h3-7,9-11,15H,2,8H2,1H3. The second kappa shape index (κ2) is 5.56. The van der Waals surface area contributed by atoms with Crippen molar-refractivity contribution in [2.45, 2.75) is 20.0 Å². The van der Waals surface area contributed by atoms with Crippen molar-refractivity contribution in [3.63, 3.8) is 0 Å². The highest BCUT2D eigenvalue weighted by Crippen LogP contribution is 2.08. The average molecular weight is 268 g/mol. The smallest absolute Gasteiger partial charge is 0.102 e. The topological polar surface area (TPSA) is 60.6 Å². The zero-order valence-corrected chi connectivity index (χ0v) is 11.3. The van der Waals surface area contributed by atoms with Crippen molar-refractivity contribution in [1.29, 1.82) is 0 Å². The lowest BCUT2D eigenvalue weighted by Crippen LogP contribution is -2.02. The van der Waals surface area contributed by atoms with Crippen LogP contribution in [0.2, 0.25) is 0 Å². The maximum absolute atomic E-state index is 4.44. The van der Waals surface area contributed by atoms with Crippen LogP contribution < -0.4 is 5.32 Å². The number of aryl methyl sites for hydroxylation is 1. The van der Waals surface area contributed by atoms with Gasteiger partial charge in [0.05, 0.1) is 30.3 Å². The van der Waals surface area contributed by atoms with Gasteiger partial charge in [0.2, 0.25) is 0 Å². The molecule has 20 heavy (non-hydrogen) atoms. The Kier molecular flexibility index (Phi) is 3.45. The minimum atomic E-state index is 0.627. The SMILES string of the molecule is CCn1cc(NCc2cnn(-c3ccccc3)n2)cn1. The van der Waals surface area contributed by atoms with E-state index < -0.39 is 0 Å². The number of rotatable bonds is 5. The second-order valence-corrected chi connectivity index (χ2v) is 4.40. The minimum absolute atomic E-state index is 0.627. The van der Waals surface area contributed by atoms with Crippen molar-refractivity contribution < 1.29 is 0 Å². The Labute approximate surface area is 117 Å². The van der Waals surface area contributed by atoms with Crippen molar-refractivity contribution in [2.24, 2.45) is 0 Å². The van der Waals surface area contributed by atoms with Crippen LogP contribution in [-0.2, 0) is 13.1 Å². The number of hydrogen-bond donors (Lipinski definition) is 1. The van der Waals surface area contributed by atoms with Gasteiger partial charge < -0.3 is 5.32 Å². The fraction of sp³-hybridized carbons (Fsp3) is 0.214. The molecule has 3 aromatic rings. The lowest BCUT2D eigenvalue weighted by atomic mass is 10.3. The van der Waals surface area contributed by atoms with Crippen LogP contribution in [0.1, 0.15) is 12.6 Å². The van der Waals surface area contributed by atoms with Gasteiger partial charge in [0, 0.05) is 12.7 Å². The molecule has 102 valence electrons. The van der Waals surface area contributed by atoms with Crippen LogP contribution in [0.15, 0.2) is 48.9 Å². The summed E-state index contributed by atoms with van der Waals surface area (Å²) < 4.78 is 1.88. The molecule has 2 aromatic heterocycles. The van der Waals surface area contributed by atoms with Gasteiger partial charge in [-0.15, -0.1) is 0 Å². The molecule has 0 atom stereocenters. The van der Waals surface area contributed by atoms with Gasteiger partial charge in [0.1, 0.15) is 5.69 Å². The molecule has 0 amide bonds. The summed E-state index contributed by atoms with van der Waals surface area (Å²) in [6.07, 6.45) is 5.55. The van der Waals surface area contributed by atoms with Gasteiger partial charge in [-0.25, -0.2) is 0 Å². The third-order valence-corrected chi connectivity index (χ3v) is 2.96. The van der Waals surface area contributed by atoms with E-state index in [1.807, 2.05) is 47.4 Å². The Morgan fingerprint density at radius 3 is 2.70 bits per heavy atom. The summed E-state index contributed by atoms with van der Waals surface area (Å²) >= 11 is 0. The number of hydrogen-bond acceptors (Lipinski definition) is 4. The summed E-state index contributed by atoms with van der Waals surface area (Å²) in [6.45, 7) is 3.55. The zero-order valence-electron chi connectivity index (χ0n) is 11.3. The number of nitrogens with one attached hydrogen (secondary N) is 1. The summed E-state index contributed by atoms with van der Waals surface area (Å²) in [6, 6.07) is 9.86. The Hall–Kier alpha value is -2.63. The van der Waals surface area contributed by atoms with Crippen LogP contribution in [0.5, 0.6) is 0 Å². The predicted molar refractivity (Wildman–Crippen MR) is 76.6 cm³/mol. The molecule has 0 saturated carbocycles. The number of anilines is 1. The summed E-state index contributed by atoms with van der Waals surface area (Å²) in [5, 5.41) is 16.2. The van der Waals surface area contributed by atoms with Crippen molar-refractivity contribution in [3.05, 3.63) is 54.6 Å². The highest BCUT2D eigenvalue weighted by molar-refractivity contribution is 5.38. The van der Waals surface area contributed by atoms with Crippen molar-refractivity contribution in [3.8, 4) is 5.69 Å². The summed E-state index contributed by atoms with van der Waals surface area (Å²) in [4.78, 5) is 1.63. The van der Waals surface area contributed by atoms with E-state index in [1.165, 1.54) is 0 Å². The molecule has 0 saturated heterocycles. The van der Waals surface area contributed by atoms with Gasteiger partial charge in [-0.05, 0) is 19.1 Å². The molecule has 2 heterocycles. The van der Waals surface area contributed by atoms with E-state index in [9.17, 15) is 0 Å². The minimum Gasteiger partial charge on any atom is -0.377 e. The molecular weight excluding hydrogens is 252 g/mol. The molecule has 0 fully saturated rings.